The van der Waals surface area contributed by atoms with Gasteiger partial charge in [-0.2, -0.15) is 4.98 Å². The topological polar surface area (TPSA) is 121 Å². The quantitative estimate of drug-likeness (QED) is 0.590. The van der Waals surface area contributed by atoms with E-state index < -0.39 is 4.92 Å². The van der Waals surface area contributed by atoms with Crippen molar-refractivity contribution in [3.05, 3.63) is 38.8 Å². The predicted molar refractivity (Wildman–Crippen MR) is 82.9 cm³/mol. The maximum atomic E-state index is 10.8. The molecule has 0 unspecified atom stereocenters. The number of fused-ring (bicyclic) bond motifs is 1. The fourth-order valence-corrected chi connectivity index (χ4v) is 2.87. The fraction of sp³-hybridized carbons (Fsp3) is 0.0769. The summed E-state index contributed by atoms with van der Waals surface area (Å²) in [4.78, 5) is 18.8. The van der Waals surface area contributed by atoms with E-state index in [-0.39, 0.29) is 16.7 Å². The number of aromatic nitrogens is 1. The first-order valence-electron chi connectivity index (χ1n) is 6.15. The van der Waals surface area contributed by atoms with Crippen molar-refractivity contribution in [3.63, 3.8) is 0 Å². The Labute approximate surface area is 128 Å². The number of thiazole rings is 1. The van der Waals surface area contributed by atoms with Crippen molar-refractivity contribution in [2.45, 2.75) is 6.92 Å². The highest BCUT2D eigenvalue weighted by molar-refractivity contribution is 7.16. The molecule has 3 N–H and O–H groups in total. The van der Waals surface area contributed by atoms with Crippen LogP contribution in [0.5, 0.6) is 5.88 Å². The number of rotatable bonds is 3. The SMILES string of the molecule is CC1=Nc2cc([N+](=O)[O-])ccc2C1=Cc1sc(NO)nc1O. The standard InChI is InChI=1S/C13H10N4O4S/c1-6-9(5-11-12(18)15-13(16-19)22-11)8-3-2-7(17(20)21)4-10(8)14-6/h2-5,18-19H,1H3,(H,15,16). The van der Waals surface area contributed by atoms with E-state index in [4.69, 9.17) is 5.21 Å². The van der Waals surface area contributed by atoms with E-state index in [1.54, 1.807) is 19.1 Å². The lowest BCUT2D eigenvalue weighted by atomic mass is 10.0. The number of hydrogen-bond donors (Lipinski definition) is 3. The van der Waals surface area contributed by atoms with E-state index in [2.05, 4.69) is 9.98 Å². The van der Waals surface area contributed by atoms with Gasteiger partial charge >= 0.3 is 0 Å². The van der Waals surface area contributed by atoms with Crippen LogP contribution < -0.4 is 5.48 Å². The summed E-state index contributed by atoms with van der Waals surface area (Å²) in [5.74, 6) is -0.211. The third kappa shape index (κ3) is 2.32. The van der Waals surface area contributed by atoms with Gasteiger partial charge in [0.15, 0.2) is 0 Å². The van der Waals surface area contributed by atoms with Crippen molar-refractivity contribution in [2.75, 3.05) is 5.48 Å². The molecule has 0 amide bonds. The molecule has 8 nitrogen and oxygen atoms in total. The van der Waals surface area contributed by atoms with Gasteiger partial charge in [0.05, 0.1) is 15.5 Å². The van der Waals surface area contributed by atoms with Crippen LogP contribution in [-0.4, -0.2) is 25.9 Å². The van der Waals surface area contributed by atoms with Crippen LogP contribution in [0.2, 0.25) is 0 Å². The van der Waals surface area contributed by atoms with E-state index in [9.17, 15) is 15.2 Å². The third-order valence-electron chi connectivity index (χ3n) is 3.17. The molecule has 2 aromatic rings. The minimum Gasteiger partial charge on any atom is -0.492 e. The highest BCUT2D eigenvalue weighted by Crippen LogP contribution is 2.40. The van der Waals surface area contributed by atoms with Gasteiger partial charge in [-0.05, 0) is 19.1 Å². The van der Waals surface area contributed by atoms with Gasteiger partial charge in [0.1, 0.15) is 0 Å². The van der Waals surface area contributed by atoms with E-state index >= 15 is 0 Å². The van der Waals surface area contributed by atoms with E-state index in [1.807, 2.05) is 5.48 Å². The van der Waals surface area contributed by atoms with Crippen LogP contribution in [0.4, 0.5) is 16.5 Å². The molecule has 9 heteroatoms. The lowest BCUT2D eigenvalue weighted by Gasteiger charge is -2.01. The zero-order chi connectivity index (χ0) is 15.9. The Bertz CT molecular complexity index is 841. The normalized spacial score (nSPS) is 14.8. The highest BCUT2D eigenvalue weighted by atomic mass is 32.1. The molecule has 1 aromatic carbocycles. The first-order valence-corrected chi connectivity index (χ1v) is 6.97. The van der Waals surface area contributed by atoms with Gasteiger partial charge in [-0.15, -0.1) is 0 Å². The number of nitro groups is 1. The molecular weight excluding hydrogens is 308 g/mol. The second kappa shape index (κ2) is 5.20. The maximum Gasteiger partial charge on any atom is 0.271 e. The van der Waals surface area contributed by atoms with Gasteiger partial charge in [-0.25, -0.2) is 5.48 Å². The van der Waals surface area contributed by atoms with Crippen molar-refractivity contribution < 1.29 is 15.2 Å². The summed E-state index contributed by atoms with van der Waals surface area (Å²) in [6.45, 7) is 1.78. The van der Waals surface area contributed by atoms with Crippen LogP contribution in [0.3, 0.4) is 0 Å². The first kappa shape index (κ1) is 14.2. The van der Waals surface area contributed by atoms with Crippen LogP contribution in [0.25, 0.3) is 11.6 Å². The number of allylic oxidation sites excluding steroid dienone is 1. The molecule has 1 aliphatic rings. The van der Waals surface area contributed by atoms with Crippen LogP contribution in [0, 0.1) is 10.1 Å². The molecule has 0 saturated carbocycles. The number of nitro benzene ring substituents is 1. The molecule has 1 aromatic heterocycles. The number of nitrogens with zero attached hydrogens (tertiary/aromatic N) is 3. The maximum absolute atomic E-state index is 10.8. The summed E-state index contributed by atoms with van der Waals surface area (Å²) in [5.41, 5.74) is 4.54. The third-order valence-corrected chi connectivity index (χ3v) is 4.06. The predicted octanol–water partition coefficient (Wildman–Crippen LogP) is 3.20. The van der Waals surface area contributed by atoms with Crippen LogP contribution >= 0.6 is 11.3 Å². The molecule has 112 valence electrons. The first-order chi connectivity index (χ1) is 10.5. The molecule has 0 aliphatic carbocycles. The Morgan fingerprint density at radius 2 is 2.23 bits per heavy atom. The number of non-ortho nitro benzene ring substituents is 1. The zero-order valence-corrected chi connectivity index (χ0v) is 12.1. The Morgan fingerprint density at radius 1 is 1.45 bits per heavy atom. The lowest BCUT2D eigenvalue weighted by molar-refractivity contribution is -0.384. The number of hydrogen-bond acceptors (Lipinski definition) is 8. The summed E-state index contributed by atoms with van der Waals surface area (Å²) < 4.78 is 0. The summed E-state index contributed by atoms with van der Waals surface area (Å²) in [7, 11) is 0. The number of aliphatic imine (C=N–C) groups is 1. The van der Waals surface area contributed by atoms with E-state index in [0.29, 0.717) is 16.3 Å². The summed E-state index contributed by atoms with van der Waals surface area (Å²) in [5, 5.41) is 29.5. The van der Waals surface area contributed by atoms with Gasteiger partial charge in [0.25, 0.3) is 5.69 Å². The van der Waals surface area contributed by atoms with Gasteiger partial charge in [-0.3, -0.25) is 20.3 Å². The van der Waals surface area contributed by atoms with Crippen molar-refractivity contribution in [2.24, 2.45) is 4.99 Å². The van der Waals surface area contributed by atoms with Gasteiger partial charge in [0.2, 0.25) is 11.0 Å². The van der Waals surface area contributed by atoms with Crippen molar-refractivity contribution in [1.82, 2.24) is 4.98 Å². The Hall–Kier alpha value is -2.78. The van der Waals surface area contributed by atoms with E-state index in [1.165, 1.54) is 12.1 Å². The molecule has 1 aliphatic heterocycles. The molecule has 22 heavy (non-hydrogen) atoms. The monoisotopic (exact) mass is 318 g/mol. The van der Waals surface area contributed by atoms with Crippen LogP contribution in [0.1, 0.15) is 17.4 Å². The summed E-state index contributed by atoms with van der Waals surface area (Å²) >= 11 is 1.07. The molecule has 0 radical (unpaired) electrons. The molecule has 0 fully saturated rings. The Balaban J connectivity index is 2.07. The lowest BCUT2D eigenvalue weighted by Crippen LogP contribution is -1.90. The largest absolute Gasteiger partial charge is 0.492 e. The highest BCUT2D eigenvalue weighted by Gasteiger charge is 2.21. The average molecular weight is 318 g/mol. The second-order valence-corrected chi connectivity index (χ2v) is 5.56. The van der Waals surface area contributed by atoms with Crippen molar-refractivity contribution in [1.29, 1.82) is 0 Å². The number of nitrogens with one attached hydrogen (secondary N) is 1. The molecule has 0 atom stereocenters. The van der Waals surface area contributed by atoms with Gasteiger partial charge in [-0.1, -0.05) is 11.3 Å². The summed E-state index contributed by atoms with van der Waals surface area (Å²) in [6, 6.07) is 4.45. The molecule has 3 rings (SSSR count). The van der Waals surface area contributed by atoms with Gasteiger partial charge < -0.3 is 5.11 Å². The number of anilines is 1. The number of aromatic hydroxyl groups is 1. The zero-order valence-electron chi connectivity index (χ0n) is 11.3. The average Bonchev–Trinajstić information content (AvgIpc) is 2.99. The molecule has 0 saturated heterocycles. The second-order valence-electron chi connectivity index (χ2n) is 4.53. The van der Waals surface area contributed by atoms with Crippen LogP contribution in [0.15, 0.2) is 23.2 Å². The Kier molecular flexibility index (Phi) is 3.35. The van der Waals surface area contributed by atoms with E-state index in [0.717, 1.165) is 22.5 Å². The number of benzene rings is 1. The molecule has 0 bridgehead atoms. The van der Waals surface area contributed by atoms with Crippen LogP contribution in [-0.2, 0) is 0 Å². The van der Waals surface area contributed by atoms with Crippen molar-refractivity contribution in [3.8, 4) is 5.88 Å². The smallest absolute Gasteiger partial charge is 0.271 e. The molecular formula is C13H10N4O4S. The van der Waals surface area contributed by atoms with Crippen molar-refractivity contribution >= 4 is 45.2 Å². The molecule has 0 spiro atoms. The fourth-order valence-electron chi connectivity index (χ4n) is 2.17. The summed E-state index contributed by atoms with van der Waals surface area (Å²) in [6.07, 6.45) is 1.68. The molecule has 2 heterocycles. The minimum atomic E-state index is -0.471. The van der Waals surface area contributed by atoms with Gasteiger partial charge in [0, 0.05) is 29.0 Å². The minimum absolute atomic E-state index is 0.0241. The Morgan fingerprint density at radius 3 is 2.86 bits per heavy atom.